The van der Waals surface area contributed by atoms with Crippen molar-refractivity contribution in [3.8, 4) is 17.1 Å². The number of aryl methyl sites for hydroxylation is 1. The summed E-state index contributed by atoms with van der Waals surface area (Å²) in [6.07, 6.45) is 5.09. The maximum Gasteiger partial charge on any atom is 0.260 e. The van der Waals surface area contributed by atoms with Crippen LogP contribution in [0, 0.1) is 5.92 Å². The normalized spacial score (nSPS) is 15.2. The number of benzene rings is 1. The molecule has 0 aliphatic carbocycles. The van der Waals surface area contributed by atoms with Gasteiger partial charge in [-0.05, 0) is 49.4 Å². The van der Waals surface area contributed by atoms with Crippen molar-refractivity contribution in [3.63, 3.8) is 0 Å². The molecule has 0 unspecified atom stereocenters. The van der Waals surface area contributed by atoms with Crippen molar-refractivity contribution >= 4 is 5.91 Å². The SMILES string of the molecule is CCCCc1nc(-c2ccc(OCC(=O)N3CCC(C)CC3)cc2)no1. The summed E-state index contributed by atoms with van der Waals surface area (Å²) in [5.41, 5.74) is 0.875. The zero-order chi connectivity index (χ0) is 18.4. The lowest BCUT2D eigenvalue weighted by Gasteiger charge is -2.30. The van der Waals surface area contributed by atoms with E-state index in [9.17, 15) is 4.79 Å². The number of ether oxygens (including phenoxy) is 1. The lowest BCUT2D eigenvalue weighted by molar-refractivity contribution is -0.134. The Morgan fingerprint density at radius 3 is 2.69 bits per heavy atom. The Morgan fingerprint density at radius 2 is 2.00 bits per heavy atom. The first-order chi connectivity index (χ1) is 12.7. The highest BCUT2D eigenvalue weighted by Gasteiger charge is 2.20. The fourth-order valence-electron chi connectivity index (χ4n) is 3.00. The van der Waals surface area contributed by atoms with Crippen molar-refractivity contribution in [2.24, 2.45) is 5.92 Å². The molecule has 1 aliphatic heterocycles. The molecule has 1 aromatic heterocycles. The summed E-state index contributed by atoms with van der Waals surface area (Å²) in [7, 11) is 0. The predicted molar refractivity (Wildman–Crippen MR) is 98.8 cm³/mol. The van der Waals surface area contributed by atoms with E-state index in [1.165, 1.54) is 0 Å². The maximum atomic E-state index is 12.2. The average Bonchev–Trinajstić information content (AvgIpc) is 3.14. The standard InChI is InChI=1S/C20H27N3O3/c1-3-4-5-18-21-20(22-26-18)16-6-8-17(9-7-16)25-14-19(24)23-12-10-15(2)11-13-23/h6-9,15H,3-5,10-14H2,1-2H3. The molecule has 0 atom stereocenters. The molecule has 140 valence electrons. The van der Waals surface area contributed by atoms with Crippen molar-refractivity contribution in [2.75, 3.05) is 19.7 Å². The van der Waals surface area contributed by atoms with Gasteiger partial charge in [0.2, 0.25) is 11.7 Å². The van der Waals surface area contributed by atoms with Crippen molar-refractivity contribution in [3.05, 3.63) is 30.2 Å². The zero-order valence-corrected chi connectivity index (χ0v) is 15.6. The number of unbranched alkanes of at least 4 members (excludes halogenated alkanes) is 1. The highest BCUT2D eigenvalue weighted by molar-refractivity contribution is 5.77. The fourth-order valence-corrected chi connectivity index (χ4v) is 3.00. The van der Waals surface area contributed by atoms with Gasteiger partial charge < -0.3 is 14.2 Å². The van der Waals surface area contributed by atoms with Crippen LogP contribution in [0.4, 0.5) is 0 Å². The third-order valence-electron chi connectivity index (χ3n) is 4.82. The van der Waals surface area contributed by atoms with Crippen LogP contribution in [0.5, 0.6) is 5.75 Å². The quantitative estimate of drug-likeness (QED) is 0.755. The van der Waals surface area contributed by atoms with Crippen LogP contribution >= 0.6 is 0 Å². The zero-order valence-electron chi connectivity index (χ0n) is 15.6. The van der Waals surface area contributed by atoms with Gasteiger partial charge >= 0.3 is 0 Å². The van der Waals surface area contributed by atoms with E-state index in [0.29, 0.717) is 23.4 Å². The lowest BCUT2D eigenvalue weighted by atomic mass is 9.99. The minimum absolute atomic E-state index is 0.0553. The monoisotopic (exact) mass is 357 g/mol. The van der Waals surface area contributed by atoms with Gasteiger partial charge in [-0.25, -0.2) is 0 Å². The molecule has 0 saturated carbocycles. The Morgan fingerprint density at radius 1 is 1.27 bits per heavy atom. The fraction of sp³-hybridized carbons (Fsp3) is 0.550. The van der Waals surface area contributed by atoms with Gasteiger partial charge in [0.15, 0.2) is 6.61 Å². The van der Waals surface area contributed by atoms with E-state index >= 15 is 0 Å². The molecule has 1 fully saturated rings. The van der Waals surface area contributed by atoms with Gasteiger partial charge in [-0.1, -0.05) is 25.4 Å². The van der Waals surface area contributed by atoms with Crippen LogP contribution in [0.2, 0.25) is 0 Å². The molecule has 0 radical (unpaired) electrons. The van der Waals surface area contributed by atoms with E-state index in [2.05, 4.69) is 24.0 Å². The lowest BCUT2D eigenvalue weighted by Crippen LogP contribution is -2.40. The van der Waals surface area contributed by atoms with Gasteiger partial charge in [-0.2, -0.15) is 4.98 Å². The van der Waals surface area contributed by atoms with Gasteiger partial charge in [0.25, 0.3) is 5.91 Å². The summed E-state index contributed by atoms with van der Waals surface area (Å²) < 4.78 is 10.9. The van der Waals surface area contributed by atoms with E-state index in [4.69, 9.17) is 9.26 Å². The number of amides is 1. The number of piperidine rings is 1. The maximum absolute atomic E-state index is 12.2. The van der Waals surface area contributed by atoms with Crippen molar-refractivity contribution in [1.29, 1.82) is 0 Å². The molecule has 26 heavy (non-hydrogen) atoms. The van der Waals surface area contributed by atoms with E-state index in [-0.39, 0.29) is 12.5 Å². The Labute approximate surface area is 154 Å². The van der Waals surface area contributed by atoms with Crippen LogP contribution in [0.3, 0.4) is 0 Å². The minimum Gasteiger partial charge on any atom is -0.484 e. The Kier molecular flexibility index (Phi) is 6.26. The van der Waals surface area contributed by atoms with Crippen LogP contribution in [-0.4, -0.2) is 40.6 Å². The van der Waals surface area contributed by atoms with E-state index in [0.717, 1.165) is 50.8 Å². The van der Waals surface area contributed by atoms with Crippen LogP contribution in [-0.2, 0) is 11.2 Å². The van der Waals surface area contributed by atoms with Gasteiger partial charge in [-0.15, -0.1) is 0 Å². The Bertz CT molecular complexity index is 703. The first kappa shape index (κ1) is 18.4. The third-order valence-corrected chi connectivity index (χ3v) is 4.82. The third kappa shape index (κ3) is 4.84. The molecule has 6 nitrogen and oxygen atoms in total. The molecule has 3 rings (SSSR count). The second-order valence-electron chi connectivity index (χ2n) is 6.99. The van der Waals surface area contributed by atoms with Crippen molar-refractivity contribution < 1.29 is 14.1 Å². The van der Waals surface area contributed by atoms with Gasteiger partial charge in [-0.3, -0.25) is 4.79 Å². The number of carbonyl (C=O) groups is 1. The summed E-state index contributed by atoms with van der Waals surface area (Å²) >= 11 is 0. The van der Waals surface area contributed by atoms with Gasteiger partial charge in [0.05, 0.1) is 0 Å². The van der Waals surface area contributed by atoms with E-state index in [1.807, 2.05) is 29.2 Å². The molecule has 0 N–H and O–H groups in total. The average molecular weight is 357 g/mol. The number of rotatable bonds is 7. The molecule has 6 heteroatoms. The number of hydrogen-bond donors (Lipinski definition) is 0. The number of likely N-dealkylation sites (tertiary alicyclic amines) is 1. The highest BCUT2D eigenvalue weighted by atomic mass is 16.5. The number of nitrogens with zero attached hydrogens (tertiary/aromatic N) is 3. The summed E-state index contributed by atoms with van der Waals surface area (Å²) in [5.74, 6) is 2.69. The van der Waals surface area contributed by atoms with Crippen LogP contribution in [0.15, 0.2) is 28.8 Å². The second kappa shape index (κ2) is 8.83. The molecule has 0 spiro atoms. The molecular formula is C20H27N3O3. The number of carbonyl (C=O) groups excluding carboxylic acids is 1. The summed E-state index contributed by atoms with van der Waals surface area (Å²) in [6, 6.07) is 7.44. The van der Waals surface area contributed by atoms with Gasteiger partial charge in [0.1, 0.15) is 5.75 Å². The summed E-state index contributed by atoms with van der Waals surface area (Å²) in [6.45, 7) is 6.11. The summed E-state index contributed by atoms with van der Waals surface area (Å²) in [4.78, 5) is 18.5. The van der Waals surface area contributed by atoms with E-state index in [1.54, 1.807) is 0 Å². The summed E-state index contributed by atoms with van der Waals surface area (Å²) in [5, 5.41) is 4.02. The van der Waals surface area contributed by atoms with E-state index < -0.39 is 0 Å². The molecule has 1 saturated heterocycles. The van der Waals surface area contributed by atoms with Crippen molar-refractivity contribution in [1.82, 2.24) is 15.0 Å². The van der Waals surface area contributed by atoms with Crippen LogP contribution in [0.25, 0.3) is 11.4 Å². The second-order valence-corrected chi connectivity index (χ2v) is 6.99. The molecule has 1 aliphatic rings. The Balaban J connectivity index is 1.51. The smallest absolute Gasteiger partial charge is 0.260 e. The number of aromatic nitrogens is 2. The van der Waals surface area contributed by atoms with Crippen LogP contribution < -0.4 is 4.74 Å². The first-order valence-electron chi connectivity index (χ1n) is 9.49. The predicted octanol–water partition coefficient (Wildman–Crippen LogP) is 3.72. The van der Waals surface area contributed by atoms with Crippen molar-refractivity contribution in [2.45, 2.75) is 46.0 Å². The molecule has 2 heterocycles. The first-order valence-corrected chi connectivity index (χ1v) is 9.49. The molecule has 1 aromatic carbocycles. The number of hydrogen-bond acceptors (Lipinski definition) is 5. The van der Waals surface area contributed by atoms with Crippen LogP contribution in [0.1, 0.15) is 45.4 Å². The molecule has 1 amide bonds. The topological polar surface area (TPSA) is 68.5 Å². The molecule has 0 bridgehead atoms. The molecular weight excluding hydrogens is 330 g/mol. The highest BCUT2D eigenvalue weighted by Crippen LogP contribution is 2.21. The van der Waals surface area contributed by atoms with Gasteiger partial charge in [0, 0.05) is 25.1 Å². The minimum atomic E-state index is 0.0553. The largest absolute Gasteiger partial charge is 0.484 e. The Hall–Kier alpha value is -2.37. The molecule has 2 aromatic rings.